The lowest BCUT2D eigenvalue weighted by Gasteiger charge is -2.11. The maximum absolute atomic E-state index is 12.4. The minimum atomic E-state index is -0.275. The van der Waals surface area contributed by atoms with Crippen molar-refractivity contribution in [1.29, 1.82) is 0 Å². The Morgan fingerprint density at radius 1 is 0.960 bits per heavy atom. The first-order valence-corrected chi connectivity index (χ1v) is 7.62. The quantitative estimate of drug-likeness (QED) is 0.773. The number of rotatable bonds is 5. The molecule has 25 heavy (non-hydrogen) atoms. The highest BCUT2D eigenvalue weighted by Gasteiger charge is 2.11. The zero-order valence-electron chi connectivity index (χ0n) is 13.9. The zero-order valence-corrected chi connectivity index (χ0v) is 13.9. The van der Waals surface area contributed by atoms with Crippen LogP contribution in [0.5, 0.6) is 11.5 Å². The molecule has 3 rings (SSSR count). The molecule has 0 spiro atoms. The molecule has 0 unspecified atom stereocenters. The van der Waals surface area contributed by atoms with Crippen molar-refractivity contribution >= 4 is 11.6 Å². The molecule has 0 aliphatic carbocycles. The SMILES string of the molecule is COc1ccc(NC(=O)c2ccc(-c3ccccn3)nc2)c(OC)c1. The summed E-state index contributed by atoms with van der Waals surface area (Å²) in [5.74, 6) is 0.894. The summed E-state index contributed by atoms with van der Waals surface area (Å²) >= 11 is 0. The van der Waals surface area contributed by atoms with Gasteiger partial charge in [-0.15, -0.1) is 0 Å². The van der Waals surface area contributed by atoms with Crippen LogP contribution in [0.1, 0.15) is 10.4 Å². The number of anilines is 1. The Bertz CT molecular complexity index is 865. The first kappa shape index (κ1) is 16.4. The number of hydrogen-bond donors (Lipinski definition) is 1. The first-order chi connectivity index (χ1) is 12.2. The van der Waals surface area contributed by atoms with Crippen molar-refractivity contribution in [3.8, 4) is 22.9 Å². The lowest BCUT2D eigenvalue weighted by molar-refractivity contribution is 0.102. The molecule has 6 nitrogen and oxygen atoms in total. The summed E-state index contributed by atoms with van der Waals surface area (Å²) in [5, 5.41) is 2.81. The zero-order chi connectivity index (χ0) is 17.6. The third kappa shape index (κ3) is 3.74. The van der Waals surface area contributed by atoms with Crippen molar-refractivity contribution in [2.45, 2.75) is 0 Å². The Kier molecular flexibility index (Phi) is 4.89. The molecule has 0 aliphatic rings. The van der Waals surface area contributed by atoms with E-state index in [1.165, 1.54) is 13.3 Å². The summed E-state index contributed by atoms with van der Waals surface area (Å²) < 4.78 is 10.4. The number of aromatic nitrogens is 2. The predicted octanol–water partition coefficient (Wildman–Crippen LogP) is 3.41. The molecule has 0 aliphatic heterocycles. The van der Waals surface area contributed by atoms with Gasteiger partial charge in [0.05, 0.1) is 36.9 Å². The van der Waals surface area contributed by atoms with Crippen LogP contribution in [0.3, 0.4) is 0 Å². The average Bonchev–Trinajstić information content (AvgIpc) is 2.69. The van der Waals surface area contributed by atoms with Gasteiger partial charge in [-0.1, -0.05) is 6.07 Å². The fourth-order valence-electron chi connectivity index (χ4n) is 2.29. The minimum Gasteiger partial charge on any atom is -0.497 e. The lowest BCUT2D eigenvalue weighted by Crippen LogP contribution is -2.13. The van der Waals surface area contributed by atoms with Crippen molar-refractivity contribution in [1.82, 2.24) is 9.97 Å². The number of carbonyl (C=O) groups is 1. The minimum absolute atomic E-state index is 0.275. The Hall–Kier alpha value is -3.41. The molecule has 0 saturated carbocycles. The summed E-state index contributed by atoms with van der Waals surface area (Å²) in [5.41, 5.74) is 2.46. The second-order valence-electron chi connectivity index (χ2n) is 5.17. The third-order valence-corrected chi connectivity index (χ3v) is 3.61. The van der Waals surface area contributed by atoms with E-state index in [2.05, 4.69) is 15.3 Å². The van der Waals surface area contributed by atoms with Crippen LogP contribution in [0.2, 0.25) is 0 Å². The highest BCUT2D eigenvalue weighted by molar-refractivity contribution is 6.05. The second-order valence-corrected chi connectivity index (χ2v) is 5.17. The summed E-state index contributed by atoms with van der Waals surface area (Å²) in [6.45, 7) is 0. The molecular formula is C19H17N3O3. The standard InChI is InChI=1S/C19H17N3O3/c1-24-14-7-9-17(18(11-14)25-2)22-19(23)13-6-8-16(21-12-13)15-5-3-4-10-20-15/h3-12H,1-2H3,(H,22,23). The van der Waals surface area contributed by atoms with Crippen LogP contribution >= 0.6 is 0 Å². The van der Waals surface area contributed by atoms with E-state index in [0.29, 0.717) is 28.4 Å². The molecule has 1 aromatic carbocycles. The van der Waals surface area contributed by atoms with E-state index < -0.39 is 0 Å². The number of methoxy groups -OCH3 is 2. The van der Waals surface area contributed by atoms with Crippen molar-refractivity contribution in [3.05, 3.63) is 66.5 Å². The van der Waals surface area contributed by atoms with Crippen molar-refractivity contribution in [2.75, 3.05) is 19.5 Å². The fourth-order valence-corrected chi connectivity index (χ4v) is 2.29. The van der Waals surface area contributed by atoms with E-state index >= 15 is 0 Å². The highest BCUT2D eigenvalue weighted by Crippen LogP contribution is 2.29. The van der Waals surface area contributed by atoms with E-state index in [1.54, 1.807) is 43.6 Å². The molecule has 2 heterocycles. The lowest BCUT2D eigenvalue weighted by atomic mass is 10.2. The second kappa shape index (κ2) is 7.44. The van der Waals surface area contributed by atoms with Gasteiger partial charge in [-0.05, 0) is 36.4 Å². The highest BCUT2D eigenvalue weighted by atomic mass is 16.5. The van der Waals surface area contributed by atoms with Gasteiger partial charge in [-0.2, -0.15) is 0 Å². The Balaban J connectivity index is 1.78. The van der Waals surface area contributed by atoms with Gasteiger partial charge >= 0.3 is 0 Å². The molecule has 0 atom stereocenters. The van der Waals surface area contributed by atoms with Crippen LogP contribution in [0.4, 0.5) is 5.69 Å². The van der Waals surface area contributed by atoms with Crippen LogP contribution in [-0.2, 0) is 0 Å². The maximum Gasteiger partial charge on any atom is 0.257 e. The van der Waals surface area contributed by atoms with E-state index in [4.69, 9.17) is 9.47 Å². The molecule has 2 aromatic heterocycles. The summed E-state index contributed by atoms with van der Waals surface area (Å²) in [6.07, 6.45) is 3.23. The summed E-state index contributed by atoms with van der Waals surface area (Å²) in [4.78, 5) is 21.0. The maximum atomic E-state index is 12.4. The third-order valence-electron chi connectivity index (χ3n) is 3.61. The molecule has 0 bridgehead atoms. The topological polar surface area (TPSA) is 73.3 Å². The summed E-state index contributed by atoms with van der Waals surface area (Å²) in [6, 6.07) is 14.3. The number of nitrogens with one attached hydrogen (secondary N) is 1. The normalized spacial score (nSPS) is 10.2. The van der Waals surface area contributed by atoms with Crippen LogP contribution < -0.4 is 14.8 Å². The van der Waals surface area contributed by atoms with E-state index in [0.717, 1.165) is 5.69 Å². The molecule has 3 aromatic rings. The van der Waals surface area contributed by atoms with Crippen LogP contribution in [0.25, 0.3) is 11.4 Å². The average molecular weight is 335 g/mol. The van der Waals surface area contributed by atoms with Crippen molar-refractivity contribution < 1.29 is 14.3 Å². The van der Waals surface area contributed by atoms with Gasteiger partial charge in [0.25, 0.3) is 5.91 Å². The van der Waals surface area contributed by atoms with E-state index in [-0.39, 0.29) is 5.91 Å². The number of pyridine rings is 2. The molecule has 6 heteroatoms. The molecule has 0 radical (unpaired) electrons. The van der Waals surface area contributed by atoms with E-state index in [9.17, 15) is 4.79 Å². The Morgan fingerprint density at radius 2 is 1.80 bits per heavy atom. The molecule has 1 amide bonds. The molecular weight excluding hydrogens is 318 g/mol. The number of nitrogens with zero attached hydrogens (tertiary/aromatic N) is 2. The first-order valence-electron chi connectivity index (χ1n) is 7.62. The van der Waals surface area contributed by atoms with Gasteiger partial charge in [-0.25, -0.2) is 0 Å². The van der Waals surface area contributed by atoms with Gasteiger partial charge in [0.1, 0.15) is 11.5 Å². The fraction of sp³-hybridized carbons (Fsp3) is 0.105. The molecule has 0 saturated heterocycles. The largest absolute Gasteiger partial charge is 0.497 e. The van der Waals surface area contributed by atoms with Gasteiger partial charge in [0.15, 0.2) is 0 Å². The number of ether oxygens (including phenoxy) is 2. The van der Waals surface area contributed by atoms with Crippen LogP contribution in [0, 0.1) is 0 Å². The number of carbonyl (C=O) groups excluding carboxylic acids is 1. The Labute approximate surface area is 145 Å². The van der Waals surface area contributed by atoms with Gasteiger partial charge in [0, 0.05) is 18.5 Å². The monoisotopic (exact) mass is 335 g/mol. The smallest absolute Gasteiger partial charge is 0.257 e. The predicted molar refractivity (Wildman–Crippen MR) is 95.0 cm³/mol. The summed E-state index contributed by atoms with van der Waals surface area (Å²) in [7, 11) is 3.11. The van der Waals surface area contributed by atoms with Crippen LogP contribution in [0.15, 0.2) is 60.9 Å². The number of benzene rings is 1. The van der Waals surface area contributed by atoms with Gasteiger partial charge in [-0.3, -0.25) is 14.8 Å². The Morgan fingerprint density at radius 3 is 2.44 bits per heavy atom. The number of hydrogen-bond acceptors (Lipinski definition) is 5. The molecule has 126 valence electrons. The molecule has 1 N–H and O–H groups in total. The van der Waals surface area contributed by atoms with Crippen molar-refractivity contribution in [2.24, 2.45) is 0 Å². The van der Waals surface area contributed by atoms with Gasteiger partial charge in [0.2, 0.25) is 0 Å². The van der Waals surface area contributed by atoms with Crippen molar-refractivity contribution in [3.63, 3.8) is 0 Å². The van der Waals surface area contributed by atoms with Gasteiger partial charge < -0.3 is 14.8 Å². The van der Waals surface area contributed by atoms with E-state index in [1.807, 2.05) is 18.2 Å². The number of amides is 1. The van der Waals surface area contributed by atoms with Crippen LogP contribution in [-0.4, -0.2) is 30.1 Å². The molecule has 0 fully saturated rings.